The van der Waals surface area contributed by atoms with Crippen LogP contribution in [-0.2, 0) is 0 Å². The first-order chi connectivity index (χ1) is 16.5. The molecule has 4 aromatic rings. The summed E-state index contributed by atoms with van der Waals surface area (Å²) in [4.78, 5) is 3.68. The summed E-state index contributed by atoms with van der Waals surface area (Å²) in [7, 11) is 1.68. The molecule has 2 heterocycles. The van der Waals surface area contributed by atoms with Crippen molar-refractivity contribution in [2.24, 2.45) is 5.92 Å². The Morgan fingerprint density at radius 1 is 1.00 bits per heavy atom. The van der Waals surface area contributed by atoms with Gasteiger partial charge in [0.1, 0.15) is 0 Å². The SMILES string of the molecule is COc1cc([C@H]2NC[C@@H](c3ccc(Cl)cc3Cl)c3c2[nH]c2ccccc32)ccc1OCC(C)C. The van der Waals surface area contributed by atoms with Crippen LogP contribution in [0.5, 0.6) is 11.5 Å². The molecule has 0 radical (unpaired) electrons. The van der Waals surface area contributed by atoms with Crippen molar-refractivity contribution in [3.63, 3.8) is 0 Å². The molecule has 1 aliphatic rings. The fourth-order valence-corrected chi connectivity index (χ4v) is 5.34. The molecule has 1 aromatic heterocycles. The Balaban J connectivity index is 1.59. The minimum Gasteiger partial charge on any atom is -0.493 e. The number of fused-ring (bicyclic) bond motifs is 3. The second kappa shape index (κ2) is 9.53. The van der Waals surface area contributed by atoms with Gasteiger partial charge in [-0.25, -0.2) is 0 Å². The highest BCUT2D eigenvalue weighted by Gasteiger charge is 2.33. The lowest BCUT2D eigenvalue weighted by Crippen LogP contribution is -2.34. The van der Waals surface area contributed by atoms with Crippen LogP contribution in [0.1, 0.15) is 48.2 Å². The summed E-state index contributed by atoms with van der Waals surface area (Å²) in [6, 6.07) is 20.4. The van der Waals surface area contributed by atoms with Crippen molar-refractivity contribution in [1.29, 1.82) is 0 Å². The maximum absolute atomic E-state index is 6.66. The Morgan fingerprint density at radius 3 is 2.59 bits per heavy atom. The number of aromatic amines is 1. The van der Waals surface area contributed by atoms with E-state index >= 15 is 0 Å². The average Bonchev–Trinajstić information content (AvgIpc) is 3.22. The highest BCUT2D eigenvalue weighted by Crippen LogP contribution is 2.44. The van der Waals surface area contributed by atoms with E-state index < -0.39 is 0 Å². The number of hydrogen-bond acceptors (Lipinski definition) is 3. The summed E-state index contributed by atoms with van der Waals surface area (Å²) in [6.07, 6.45) is 0. The number of nitrogens with one attached hydrogen (secondary N) is 2. The van der Waals surface area contributed by atoms with Crippen LogP contribution in [0.25, 0.3) is 10.9 Å². The minimum absolute atomic E-state index is 0.0159. The molecule has 4 nitrogen and oxygen atoms in total. The van der Waals surface area contributed by atoms with E-state index in [1.807, 2.05) is 24.3 Å². The van der Waals surface area contributed by atoms with Crippen molar-refractivity contribution in [3.05, 3.63) is 93.1 Å². The Morgan fingerprint density at radius 2 is 1.82 bits per heavy atom. The Labute approximate surface area is 210 Å². The molecule has 0 aliphatic carbocycles. The number of H-pyrrole nitrogens is 1. The molecule has 0 spiro atoms. The van der Waals surface area contributed by atoms with Crippen molar-refractivity contribution in [3.8, 4) is 11.5 Å². The molecule has 5 rings (SSSR count). The van der Waals surface area contributed by atoms with Crippen molar-refractivity contribution in [1.82, 2.24) is 10.3 Å². The van der Waals surface area contributed by atoms with Gasteiger partial charge in [-0.3, -0.25) is 0 Å². The van der Waals surface area contributed by atoms with Gasteiger partial charge < -0.3 is 19.8 Å². The Kier molecular flexibility index (Phi) is 6.48. The first-order valence-electron chi connectivity index (χ1n) is 11.6. The summed E-state index contributed by atoms with van der Waals surface area (Å²) in [5.41, 5.74) is 5.70. The highest BCUT2D eigenvalue weighted by atomic mass is 35.5. The maximum Gasteiger partial charge on any atom is 0.161 e. The van der Waals surface area contributed by atoms with Gasteiger partial charge in [0, 0.05) is 39.1 Å². The van der Waals surface area contributed by atoms with Crippen molar-refractivity contribution >= 4 is 34.1 Å². The van der Waals surface area contributed by atoms with Crippen LogP contribution in [0, 0.1) is 5.92 Å². The van der Waals surface area contributed by atoms with Gasteiger partial charge in [0.15, 0.2) is 11.5 Å². The highest BCUT2D eigenvalue weighted by molar-refractivity contribution is 6.35. The molecule has 1 aliphatic heterocycles. The van der Waals surface area contributed by atoms with E-state index in [1.165, 1.54) is 10.9 Å². The van der Waals surface area contributed by atoms with Gasteiger partial charge in [0.25, 0.3) is 0 Å². The van der Waals surface area contributed by atoms with Gasteiger partial charge in [-0.15, -0.1) is 0 Å². The van der Waals surface area contributed by atoms with Crippen LogP contribution in [-0.4, -0.2) is 25.2 Å². The molecule has 2 atom stereocenters. The van der Waals surface area contributed by atoms with E-state index in [1.54, 1.807) is 7.11 Å². The van der Waals surface area contributed by atoms with E-state index in [2.05, 4.69) is 60.5 Å². The van der Waals surface area contributed by atoms with Gasteiger partial charge in [-0.1, -0.05) is 67.4 Å². The Bertz CT molecular complexity index is 1330. The first-order valence-corrected chi connectivity index (χ1v) is 12.3. The Hall–Kier alpha value is -2.66. The fourth-order valence-electron chi connectivity index (χ4n) is 4.80. The number of methoxy groups -OCH3 is 1. The van der Waals surface area contributed by atoms with Crippen LogP contribution in [0.15, 0.2) is 60.7 Å². The predicted octanol–water partition coefficient (Wildman–Crippen LogP) is 7.34. The summed E-state index contributed by atoms with van der Waals surface area (Å²) in [6.45, 7) is 5.66. The quantitative estimate of drug-likeness (QED) is 0.294. The normalized spacial score (nSPS) is 17.7. The summed E-state index contributed by atoms with van der Waals surface area (Å²) >= 11 is 12.8. The van der Waals surface area contributed by atoms with Crippen molar-refractivity contribution < 1.29 is 9.47 Å². The van der Waals surface area contributed by atoms with Crippen LogP contribution >= 0.6 is 23.2 Å². The molecule has 0 saturated heterocycles. The number of benzene rings is 3. The second-order valence-electron chi connectivity index (χ2n) is 9.17. The zero-order chi connectivity index (χ0) is 23.8. The van der Waals surface area contributed by atoms with Crippen molar-refractivity contribution in [2.45, 2.75) is 25.8 Å². The molecule has 0 saturated carbocycles. The molecule has 6 heteroatoms. The molecule has 176 valence electrons. The average molecular weight is 495 g/mol. The largest absolute Gasteiger partial charge is 0.493 e. The summed E-state index contributed by atoms with van der Waals surface area (Å²) < 4.78 is 11.6. The molecule has 2 N–H and O–H groups in total. The number of hydrogen-bond donors (Lipinski definition) is 2. The van der Waals surface area contributed by atoms with E-state index in [4.69, 9.17) is 32.7 Å². The zero-order valence-corrected chi connectivity index (χ0v) is 21.0. The second-order valence-corrected chi connectivity index (χ2v) is 10.0. The third kappa shape index (κ3) is 4.26. The minimum atomic E-state index is -0.0159. The van der Waals surface area contributed by atoms with E-state index in [9.17, 15) is 0 Å². The first kappa shape index (κ1) is 23.1. The van der Waals surface area contributed by atoms with E-state index in [0.717, 1.165) is 40.4 Å². The molecule has 0 amide bonds. The van der Waals surface area contributed by atoms with Gasteiger partial charge in [-0.2, -0.15) is 0 Å². The van der Waals surface area contributed by atoms with Gasteiger partial charge >= 0.3 is 0 Å². The molecule has 0 unspecified atom stereocenters. The van der Waals surface area contributed by atoms with Crippen molar-refractivity contribution in [2.75, 3.05) is 20.3 Å². The fraction of sp³-hybridized carbons (Fsp3) is 0.286. The molecular weight excluding hydrogens is 467 g/mol. The third-order valence-electron chi connectivity index (χ3n) is 6.37. The number of ether oxygens (including phenoxy) is 2. The van der Waals surface area contributed by atoms with Crippen LogP contribution in [0.4, 0.5) is 0 Å². The van der Waals surface area contributed by atoms with E-state index in [-0.39, 0.29) is 12.0 Å². The maximum atomic E-state index is 6.66. The summed E-state index contributed by atoms with van der Waals surface area (Å²) in [5, 5.41) is 6.28. The lowest BCUT2D eigenvalue weighted by atomic mass is 9.83. The number of halogens is 2. The number of rotatable bonds is 6. The van der Waals surface area contributed by atoms with Gasteiger partial charge in [0.05, 0.1) is 19.8 Å². The molecule has 34 heavy (non-hydrogen) atoms. The molecule has 0 fully saturated rings. The lowest BCUT2D eigenvalue weighted by Gasteiger charge is -2.32. The topological polar surface area (TPSA) is 46.3 Å². The standard InChI is InChI=1S/C28H28Cl2N2O2/c1-16(2)15-34-24-11-8-17(12-25(24)33-3)27-28-26(20-6-4-5-7-23(20)32-28)21(14-31-27)19-10-9-18(29)13-22(19)30/h4-13,16,21,27,31-32H,14-15H2,1-3H3/t21-,27+/m0/s1. The zero-order valence-electron chi connectivity index (χ0n) is 19.5. The number of aromatic nitrogens is 1. The van der Waals surface area contributed by atoms with Crippen LogP contribution in [0.2, 0.25) is 10.0 Å². The van der Waals surface area contributed by atoms with E-state index in [0.29, 0.717) is 22.6 Å². The molecule has 0 bridgehead atoms. The third-order valence-corrected chi connectivity index (χ3v) is 6.93. The van der Waals surface area contributed by atoms with Gasteiger partial charge in [-0.05, 0) is 52.9 Å². The monoisotopic (exact) mass is 494 g/mol. The van der Waals surface area contributed by atoms with Crippen LogP contribution < -0.4 is 14.8 Å². The van der Waals surface area contributed by atoms with Gasteiger partial charge in [0.2, 0.25) is 0 Å². The smallest absolute Gasteiger partial charge is 0.161 e. The predicted molar refractivity (Wildman–Crippen MR) is 140 cm³/mol. The molecular formula is C28H28Cl2N2O2. The lowest BCUT2D eigenvalue weighted by molar-refractivity contribution is 0.256. The molecule has 3 aromatic carbocycles. The number of para-hydroxylation sites is 1. The van der Waals surface area contributed by atoms with Crippen LogP contribution in [0.3, 0.4) is 0 Å². The summed E-state index contributed by atoms with van der Waals surface area (Å²) in [5.74, 6) is 2.04.